The highest BCUT2D eigenvalue weighted by atomic mass is 16.5. The van der Waals surface area contributed by atoms with E-state index in [1.807, 2.05) is 37.3 Å². The second-order valence-corrected chi connectivity index (χ2v) is 5.30. The molecule has 7 heteroatoms. The zero-order valence-electron chi connectivity index (χ0n) is 12.9. The second-order valence-electron chi connectivity index (χ2n) is 5.30. The molecule has 3 aromatic rings. The van der Waals surface area contributed by atoms with Crippen LogP contribution in [0.1, 0.15) is 23.3 Å². The lowest BCUT2D eigenvalue weighted by molar-refractivity contribution is 0.0929. The van der Waals surface area contributed by atoms with E-state index >= 15 is 0 Å². The highest BCUT2D eigenvalue weighted by molar-refractivity contribution is 5.92. The van der Waals surface area contributed by atoms with Gasteiger partial charge < -0.3 is 9.84 Å². The monoisotopic (exact) mass is 311 g/mol. The molecule has 2 aromatic heterocycles. The number of aromatic nitrogens is 4. The smallest absolute Gasteiger partial charge is 0.269 e. The fourth-order valence-corrected chi connectivity index (χ4v) is 2.25. The summed E-state index contributed by atoms with van der Waals surface area (Å²) >= 11 is 0. The Hall–Kier alpha value is -2.96. The fourth-order valence-electron chi connectivity index (χ4n) is 2.25. The lowest BCUT2D eigenvalue weighted by Crippen LogP contribution is -2.35. The van der Waals surface area contributed by atoms with E-state index in [1.54, 1.807) is 19.3 Å². The Morgan fingerprint density at radius 1 is 1.30 bits per heavy atom. The van der Waals surface area contributed by atoms with Crippen LogP contribution in [-0.2, 0) is 13.5 Å². The summed E-state index contributed by atoms with van der Waals surface area (Å²) in [4.78, 5) is 16.5. The molecule has 1 unspecified atom stereocenters. The van der Waals surface area contributed by atoms with Crippen molar-refractivity contribution in [2.24, 2.45) is 7.05 Å². The number of carbonyl (C=O) groups is 1. The number of amides is 1. The molecule has 7 nitrogen and oxygen atoms in total. The quantitative estimate of drug-likeness (QED) is 0.777. The van der Waals surface area contributed by atoms with E-state index in [0.29, 0.717) is 23.8 Å². The number of nitrogens with one attached hydrogen (secondary N) is 1. The van der Waals surface area contributed by atoms with Crippen LogP contribution in [0.15, 0.2) is 47.1 Å². The van der Waals surface area contributed by atoms with Gasteiger partial charge in [-0.25, -0.2) is 0 Å². The minimum Gasteiger partial charge on any atom is -0.348 e. The van der Waals surface area contributed by atoms with Crippen LogP contribution < -0.4 is 5.32 Å². The van der Waals surface area contributed by atoms with Gasteiger partial charge in [0.25, 0.3) is 5.91 Å². The first-order chi connectivity index (χ1) is 11.1. The summed E-state index contributed by atoms with van der Waals surface area (Å²) in [5, 5.41) is 10.8. The summed E-state index contributed by atoms with van der Waals surface area (Å²) in [6.07, 6.45) is 2.05. The number of nitrogens with zero attached hydrogens (tertiary/aromatic N) is 4. The Bertz CT molecular complexity index is 794. The minimum atomic E-state index is -0.180. The highest BCUT2D eigenvalue weighted by Gasteiger charge is 2.16. The van der Waals surface area contributed by atoms with E-state index < -0.39 is 0 Å². The third-order valence-electron chi connectivity index (χ3n) is 3.41. The van der Waals surface area contributed by atoms with E-state index in [0.717, 1.165) is 5.56 Å². The number of hydrogen-bond donors (Lipinski definition) is 1. The van der Waals surface area contributed by atoms with E-state index in [9.17, 15) is 4.79 Å². The predicted octanol–water partition coefficient (Wildman–Crippen LogP) is 1.83. The van der Waals surface area contributed by atoms with Gasteiger partial charge in [0.05, 0.1) is 0 Å². The lowest BCUT2D eigenvalue weighted by atomic mass is 10.2. The SMILES string of the molecule is CC(Cc1nc(-c2ccccc2)no1)NC(=O)c1ccnn1C. The summed E-state index contributed by atoms with van der Waals surface area (Å²) < 4.78 is 6.79. The number of aryl methyl sites for hydroxylation is 1. The molecule has 1 amide bonds. The largest absolute Gasteiger partial charge is 0.348 e. The van der Waals surface area contributed by atoms with E-state index in [2.05, 4.69) is 20.6 Å². The molecule has 0 aliphatic rings. The summed E-state index contributed by atoms with van der Waals surface area (Å²) in [5.74, 6) is 0.854. The van der Waals surface area contributed by atoms with Crippen molar-refractivity contribution in [1.82, 2.24) is 25.2 Å². The Morgan fingerprint density at radius 3 is 2.78 bits per heavy atom. The van der Waals surface area contributed by atoms with Gasteiger partial charge in [-0.2, -0.15) is 10.1 Å². The second kappa shape index (κ2) is 6.43. The first-order valence-electron chi connectivity index (χ1n) is 7.30. The van der Waals surface area contributed by atoms with Gasteiger partial charge in [-0.15, -0.1) is 0 Å². The summed E-state index contributed by atoms with van der Waals surface area (Å²) in [5.41, 5.74) is 1.40. The van der Waals surface area contributed by atoms with Crippen LogP contribution in [0.5, 0.6) is 0 Å². The van der Waals surface area contributed by atoms with Crippen molar-refractivity contribution in [3.63, 3.8) is 0 Å². The third kappa shape index (κ3) is 3.45. The van der Waals surface area contributed by atoms with Crippen LogP contribution in [0.2, 0.25) is 0 Å². The molecule has 0 saturated carbocycles. The van der Waals surface area contributed by atoms with E-state index in [1.165, 1.54) is 4.68 Å². The van der Waals surface area contributed by atoms with Gasteiger partial charge >= 0.3 is 0 Å². The molecule has 0 fully saturated rings. The van der Waals surface area contributed by atoms with E-state index in [-0.39, 0.29) is 11.9 Å². The Balaban J connectivity index is 1.62. The van der Waals surface area contributed by atoms with Crippen molar-refractivity contribution >= 4 is 5.91 Å². The Kier molecular flexibility index (Phi) is 4.18. The molecule has 1 aromatic carbocycles. The van der Waals surface area contributed by atoms with Gasteiger partial charge in [-0.1, -0.05) is 35.5 Å². The summed E-state index contributed by atoms with van der Waals surface area (Å²) in [7, 11) is 1.73. The molecule has 0 spiro atoms. The number of carbonyl (C=O) groups excluding carboxylic acids is 1. The van der Waals surface area contributed by atoms with Crippen LogP contribution in [0.4, 0.5) is 0 Å². The molecular weight excluding hydrogens is 294 g/mol. The van der Waals surface area contributed by atoms with Crippen molar-refractivity contribution < 1.29 is 9.32 Å². The molecule has 0 radical (unpaired) electrons. The molecule has 23 heavy (non-hydrogen) atoms. The molecule has 3 rings (SSSR count). The van der Waals surface area contributed by atoms with Gasteiger partial charge in [0.15, 0.2) is 0 Å². The molecule has 2 heterocycles. The number of benzene rings is 1. The molecule has 0 bridgehead atoms. The van der Waals surface area contributed by atoms with Gasteiger partial charge in [0.1, 0.15) is 5.69 Å². The number of hydrogen-bond acceptors (Lipinski definition) is 5. The van der Waals surface area contributed by atoms with Crippen molar-refractivity contribution in [3.05, 3.63) is 54.2 Å². The molecule has 0 aliphatic heterocycles. The fraction of sp³-hybridized carbons (Fsp3) is 0.250. The molecule has 1 N–H and O–H groups in total. The van der Waals surface area contributed by atoms with Crippen molar-refractivity contribution in [2.75, 3.05) is 0 Å². The predicted molar refractivity (Wildman–Crippen MR) is 83.6 cm³/mol. The van der Waals surface area contributed by atoms with Crippen molar-refractivity contribution in [1.29, 1.82) is 0 Å². The Morgan fingerprint density at radius 2 is 2.09 bits per heavy atom. The first kappa shape index (κ1) is 15.0. The Labute approximate surface area is 133 Å². The van der Waals surface area contributed by atoms with Gasteiger partial charge in [-0.3, -0.25) is 9.48 Å². The average Bonchev–Trinajstić information content (AvgIpc) is 3.17. The van der Waals surface area contributed by atoms with Gasteiger partial charge in [-0.05, 0) is 13.0 Å². The lowest BCUT2D eigenvalue weighted by Gasteiger charge is -2.11. The molecule has 0 saturated heterocycles. The number of rotatable bonds is 5. The maximum atomic E-state index is 12.1. The van der Waals surface area contributed by atoms with Crippen LogP contribution >= 0.6 is 0 Å². The molecular formula is C16H17N5O2. The molecule has 1 atom stereocenters. The van der Waals surface area contributed by atoms with Crippen molar-refractivity contribution in [3.8, 4) is 11.4 Å². The summed E-state index contributed by atoms with van der Waals surface area (Å²) in [6.45, 7) is 1.89. The zero-order chi connectivity index (χ0) is 16.2. The standard InChI is InChI=1S/C16H17N5O2/c1-11(18-16(22)13-8-9-17-21(13)2)10-14-19-15(20-23-14)12-6-4-3-5-7-12/h3-9,11H,10H2,1-2H3,(H,18,22). The third-order valence-corrected chi connectivity index (χ3v) is 3.41. The van der Waals surface area contributed by atoms with Crippen LogP contribution in [0.25, 0.3) is 11.4 Å². The van der Waals surface area contributed by atoms with Crippen LogP contribution in [0.3, 0.4) is 0 Å². The molecule has 118 valence electrons. The summed E-state index contributed by atoms with van der Waals surface area (Å²) in [6, 6.07) is 11.1. The average molecular weight is 311 g/mol. The van der Waals surface area contributed by atoms with E-state index in [4.69, 9.17) is 4.52 Å². The normalized spacial score (nSPS) is 12.1. The van der Waals surface area contributed by atoms with Crippen LogP contribution in [-0.4, -0.2) is 31.9 Å². The zero-order valence-corrected chi connectivity index (χ0v) is 12.9. The first-order valence-corrected chi connectivity index (χ1v) is 7.30. The minimum absolute atomic E-state index is 0.138. The maximum absolute atomic E-state index is 12.1. The van der Waals surface area contributed by atoms with Crippen LogP contribution in [0, 0.1) is 0 Å². The topological polar surface area (TPSA) is 85.8 Å². The van der Waals surface area contributed by atoms with Crippen molar-refractivity contribution in [2.45, 2.75) is 19.4 Å². The molecule has 0 aliphatic carbocycles. The maximum Gasteiger partial charge on any atom is 0.269 e. The van der Waals surface area contributed by atoms with Gasteiger partial charge in [0.2, 0.25) is 11.7 Å². The highest BCUT2D eigenvalue weighted by Crippen LogP contribution is 2.15. The van der Waals surface area contributed by atoms with Gasteiger partial charge in [0, 0.05) is 31.3 Å².